The molecule has 0 aliphatic heterocycles. The Morgan fingerprint density at radius 1 is 1.00 bits per heavy atom. The van der Waals surface area contributed by atoms with Crippen molar-refractivity contribution >= 4 is 22.9 Å². The highest BCUT2D eigenvalue weighted by atomic mass is 19.4. The molecule has 0 unspecified atom stereocenters. The summed E-state index contributed by atoms with van der Waals surface area (Å²) in [6.45, 7) is 7.57. The molecule has 0 aliphatic rings. The summed E-state index contributed by atoms with van der Waals surface area (Å²) in [5.41, 5.74) is 1.34. The van der Waals surface area contributed by atoms with Crippen molar-refractivity contribution in [1.82, 2.24) is 34.7 Å². The smallest absolute Gasteiger partial charge is 0.360 e. The fraction of sp³-hybridized carbons (Fsp3) is 0.458. The van der Waals surface area contributed by atoms with E-state index in [2.05, 4.69) is 20.0 Å². The van der Waals surface area contributed by atoms with Crippen LogP contribution in [0.2, 0.25) is 0 Å². The van der Waals surface area contributed by atoms with Gasteiger partial charge in [-0.25, -0.2) is 14.4 Å². The van der Waals surface area contributed by atoms with E-state index >= 15 is 0 Å². The lowest BCUT2D eigenvalue weighted by Crippen LogP contribution is -2.27. The summed E-state index contributed by atoms with van der Waals surface area (Å²) in [6.07, 6.45) is -3.93. The largest absolute Gasteiger partial charge is 0.416 e. The van der Waals surface area contributed by atoms with Crippen molar-refractivity contribution in [3.8, 4) is 0 Å². The second kappa shape index (κ2) is 10.3. The number of imidazole rings is 1. The SMILES string of the molecule is CCc1nc2cc(CN(Cc3cc(F)cc(C(F)(F)F)c3)c3nnn(C)n3)c(N(C)CC)nc2n1CC. The minimum Gasteiger partial charge on any atom is -0.360 e. The Balaban J connectivity index is 1.80. The zero-order valence-corrected chi connectivity index (χ0v) is 21.4. The lowest BCUT2D eigenvalue weighted by Gasteiger charge is -2.25. The van der Waals surface area contributed by atoms with Crippen LogP contribution in [-0.4, -0.2) is 48.3 Å². The number of tetrazole rings is 1. The molecule has 4 aromatic rings. The van der Waals surface area contributed by atoms with Gasteiger partial charge in [-0.2, -0.15) is 18.0 Å². The van der Waals surface area contributed by atoms with Crippen LogP contribution in [0.25, 0.3) is 11.2 Å². The molecule has 0 spiro atoms. The summed E-state index contributed by atoms with van der Waals surface area (Å²) < 4.78 is 56.2. The average Bonchev–Trinajstić information content (AvgIpc) is 3.44. The molecule has 0 N–H and O–H groups in total. The molecule has 0 radical (unpaired) electrons. The molecular weight excluding hydrogens is 490 g/mol. The molecule has 0 saturated carbocycles. The topological polar surface area (TPSA) is 80.8 Å². The third kappa shape index (κ3) is 5.49. The molecule has 0 saturated heterocycles. The fourth-order valence-electron chi connectivity index (χ4n) is 4.25. The first-order chi connectivity index (χ1) is 17.5. The fourth-order valence-corrected chi connectivity index (χ4v) is 4.25. The van der Waals surface area contributed by atoms with E-state index in [-0.39, 0.29) is 24.6 Å². The summed E-state index contributed by atoms with van der Waals surface area (Å²) >= 11 is 0. The van der Waals surface area contributed by atoms with Gasteiger partial charge in [0, 0.05) is 38.7 Å². The van der Waals surface area contributed by atoms with Crippen molar-refractivity contribution in [2.45, 2.75) is 53.0 Å². The Kier molecular flexibility index (Phi) is 7.32. The zero-order valence-electron chi connectivity index (χ0n) is 21.4. The number of aryl methyl sites for hydroxylation is 3. The predicted molar refractivity (Wildman–Crippen MR) is 132 cm³/mol. The normalized spacial score (nSPS) is 11.9. The monoisotopic (exact) mass is 519 g/mol. The van der Waals surface area contributed by atoms with E-state index in [1.165, 1.54) is 4.80 Å². The van der Waals surface area contributed by atoms with Gasteiger partial charge >= 0.3 is 6.18 Å². The number of fused-ring (bicyclic) bond motifs is 1. The maximum atomic E-state index is 14.1. The molecule has 0 amide bonds. The molecule has 0 aliphatic carbocycles. The molecule has 9 nitrogen and oxygen atoms in total. The number of benzene rings is 1. The van der Waals surface area contributed by atoms with Crippen LogP contribution < -0.4 is 9.80 Å². The Morgan fingerprint density at radius 3 is 2.35 bits per heavy atom. The van der Waals surface area contributed by atoms with Crippen molar-refractivity contribution in [1.29, 1.82) is 0 Å². The molecule has 1 aromatic carbocycles. The summed E-state index contributed by atoms with van der Waals surface area (Å²) in [5, 5.41) is 12.2. The van der Waals surface area contributed by atoms with E-state index < -0.39 is 17.6 Å². The summed E-state index contributed by atoms with van der Waals surface area (Å²) in [5.74, 6) is 0.845. The third-order valence-electron chi connectivity index (χ3n) is 6.12. The van der Waals surface area contributed by atoms with Gasteiger partial charge in [0.15, 0.2) is 5.65 Å². The zero-order chi connectivity index (χ0) is 26.9. The van der Waals surface area contributed by atoms with Gasteiger partial charge in [0.05, 0.1) is 19.2 Å². The van der Waals surface area contributed by atoms with Crippen LogP contribution in [0.15, 0.2) is 24.3 Å². The van der Waals surface area contributed by atoms with Crippen LogP contribution in [0.4, 0.5) is 29.3 Å². The Labute approximate surface area is 211 Å². The van der Waals surface area contributed by atoms with Gasteiger partial charge in [0.25, 0.3) is 5.95 Å². The highest BCUT2D eigenvalue weighted by molar-refractivity contribution is 5.76. The minimum absolute atomic E-state index is 0.0799. The van der Waals surface area contributed by atoms with Crippen LogP contribution in [0.3, 0.4) is 0 Å². The number of alkyl halides is 3. The molecule has 13 heteroatoms. The Bertz CT molecular complexity index is 1390. The van der Waals surface area contributed by atoms with E-state index in [1.807, 2.05) is 38.8 Å². The van der Waals surface area contributed by atoms with Crippen LogP contribution in [0, 0.1) is 5.82 Å². The molecular formula is C24H29F4N9. The number of hydrogen-bond acceptors (Lipinski definition) is 7. The van der Waals surface area contributed by atoms with Gasteiger partial charge in [-0.05, 0) is 48.9 Å². The van der Waals surface area contributed by atoms with Crippen LogP contribution in [-0.2, 0) is 39.3 Å². The van der Waals surface area contributed by atoms with Crippen molar-refractivity contribution in [3.05, 3.63) is 52.6 Å². The first-order valence-electron chi connectivity index (χ1n) is 12.0. The van der Waals surface area contributed by atoms with Crippen molar-refractivity contribution < 1.29 is 17.6 Å². The summed E-state index contributed by atoms with van der Waals surface area (Å²) in [7, 11) is 3.50. The van der Waals surface area contributed by atoms with Crippen LogP contribution in [0.5, 0.6) is 0 Å². The summed E-state index contributed by atoms with van der Waals surface area (Å²) in [4.78, 5) is 14.6. The van der Waals surface area contributed by atoms with Crippen LogP contribution >= 0.6 is 0 Å². The molecule has 0 fully saturated rings. The van der Waals surface area contributed by atoms with Gasteiger partial charge in [-0.3, -0.25) is 0 Å². The highest BCUT2D eigenvalue weighted by Crippen LogP contribution is 2.32. The predicted octanol–water partition coefficient (Wildman–Crippen LogP) is 4.36. The van der Waals surface area contributed by atoms with E-state index in [0.29, 0.717) is 18.4 Å². The van der Waals surface area contributed by atoms with Crippen molar-refractivity contribution in [2.75, 3.05) is 23.4 Å². The molecule has 3 aromatic heterocycles. The van der Waals surface area contributed by atoms with Crippen LogP contribution in [0.1, 0.15) is 43.3 Å². The maximum Gasteiger partial charge on any atom is 0.416 e. The third-order valence-corrected chi connectivity index (χ3v) is 6.12. The van der Waals surface area contributed by atoms with Gasteiger partial charge in [-0.15, -0.1) is 5.10 Å². The molecule has 4 rings (SSSR count). The summed E-state index contributed by atoms with van der Waals surface area (Å²) in [6, 6.07) is 4.43. The number of hydrogen-bond donors (Lipinski definition) is 0. The van der Waals surface area contributed by atoms with Gasteiger partial charge in [0.2, 0.25) is 0 Å². The second-order valence-corrected chi connectivity index (χ2v) is 8.73. The lowest BCUT2D eigenvalue weighted by molar-refractivity contribution is -0.137. The van der Waals surface area contributed by atoms with Crippen molar-refractivity contribution in [3.63, 3.8) is 0 Å². The maximum absolute atomic E-state index is 14.1. The number of rotatable bonds is 9. The quantitative estimate of drug-likeness (QED) is 0.304. The Hall–Kier alpha value is -3.77. The van der Waals surface area contributed by atoms with E-state index in [0.717, 1.165) is 47.7 Å². The van der Waals surface area contributed by atoms with Crippen molar-refractivity contribution in [2.24, 2.45) is 7.05 Å². The molecule has 0 bridgehead atoms. The molecule has 3 heterocycles. The Morgan fingerprint density at radius 2 is 1.76 bits per heavy atom. The first-order valence-corrected chi connectivity index (χ1v) is 12.0. The van der Waals surface area contributed by atoms with E-state index in [9.17, 15) is 17.6 Å². The average molecular weight is 520 g/mol. The number of aromatic nitrogens is 7. The van der Waals surface area contributed by atoms with E-state index in [4.69, 9.17) is 9.97 Å². The number of nitrogens with zero attached hydrogens (tertiary/aromatic N) is 9. The number of anilines is 2. The lowest BCUT2D eigenvalue weighted by atomic mass is 10.1. The number of halogens is 4. The minimum atomic E-state index is -4.67. The molecule has 0 atom stereocenters. The van der Waals surface area contributed by atoms with Gasteiger partial charge in [-0.1, -0.05) is 12.0 Å². The van der Waals surface area contributed by atoms with Gasteiger partial charge in [0.1, 0.15) is 23.0 Å². The van der Waals surface area contributed by atoms with Gasteiger partial charge < -0.3 is 14.4 Å². The highest BCUT2D eigenvalue weighted by Gasteiger charge is 2.31. The molecule has 198 valence electrons. The molecule has 37 heavy (non-hydrogen) atoms. The number of pyridine rings is 1. The first kappa shape index (κ1) is 26.3. The standard InChI is InChI=1S/C24H29F4N9/c1-6-20-29-19-11-16(21(34(4)7-2)30-22(19)37(20)8-3)14-36(23-31-33-35(5)32-23)13-15-9-17(24(26,27)28)12-18(25)10-15/h9-12H,6-8,13-14H2,1-5H3. The second-order valence-electron chi connectivity index (χ2n) is 8.73. The van der Waals surface area contributed by atoms with E-state index in [1.54, 1.807) is 11.9 Å².